The fourth-order valence-electron chi connectivity index (χ4n) is 2.01. The second kappa shape index (κ2) is 6.04. The van der Waals surface area contributed by atoms with Crippen LogP contribution in [0.15, 0.2) is 18.2 Å². The second-order valence-corrected chi connectivity index (χ2v) is 7.67. The van der Waals surface area contributed by atoms with E-state index in [0.29, 0.717) is 5.41 Å². The molecule has 0 spiro atoms. The first-order valence-corrected chi connectivity index (χ1v) is 7.25. The van der Waals surface area contributed by atoms with Gasteiger partial charge in [0.15, 0.2) is 0 Å². The molecule has 1 aromatic heterocycles. The van der Waals surface area contributed by atoms with E-state index in [4.69, 9.17) is 0 Å². The predicted molar refractivity (Wildman–Crippen MR) is 83.2 cm³/mol. The minimum atomic E-state index is 0.177. The van der Waals surface area contributed by atoms with Gasteiger partial charge in [-0.2, -0.15) is 0 Å². The molecule has 0 amide bonds. The summed E-state index contributed by atoms with van der Waals surface area (Å²) in [5, 5.41) is 0. The van der Waals surface area contributed by atoms with Crippen LogP contribution in [-0.4, -0.2) is 22.0 Å². The van der Waals surface area contributed by atoms with Crippen LogP contribution >= 0.6 is 0 Å². The van der Waals surface area contributed by atoms with Crippen molar-refractivity contribution >= 4 is 0 Å². The number of rotatable bonds is 4. The first-order chi connectivity index (χ1) is 8.58. The van der Waals surface area contributed by atoms with Crippen molar-refractivity contribution in [1.29, 1.82) is 0 Å². The molecule has 0 saturated heterocycles. The van der Waals surface area contributed by atoms with Gasteiger partial charge in [0.25, 0.3) is 0 Å². The average molecular weight is 262 g/mol. The molecule has 2 nitrogen and oxygen atoms in total. The van der Waals surface area contributed by atoms with Crippen molar-refractivity contribution < 1.29 is 0 Å². The van der Waals surface area contributed by atoms with E-state index >= 15 is 0 Å². The van der Waals surface area contributed by atoms with Crippen LogP contribution in [0.1, 0.15) is 59.4 Å². The Kier molecular flexibility index (Phi) is 5.14. The minimum absolute atomic E-state index is 0.177. The monoisotopic (exact) mass is 262 g/mol. The molecule has 0 unspecified atom stereocenters. The average Bonchev–Trinajstić information content (AvgIpc) is 2.21. The number of pyridine rings is 1. The van der Waals surface area contributed by atoms with Gasteiger partial charge in [-0.05, 0) is 58.2 Å². The van der Waals surface area contributed by atoms with Gasteiger partial charge in [0.1, 0.15) is 0 Å². The van der Waals surface area contributed by atoms with E-state index in [1.54, 1.807) is 0 Å². The van der Waals surface area contributed by atoms with E-state index in [2.05, 4.69) is 76.5 Å². The van der Waals surface area contributed by atoms with Gasteiger partial charge < -0.3 is 0 Å². The van der Waals surface area contributed by atoms with Crippen LogP contribution in [-0.2, 0) is 6.54 Å². The van der Waals surface area contributed by atoms with Gasteiger partial charge in [-0.15, -0.1) is 0 Å². The Labute approximate surface area is 119 Å². The van der Waals surface area contributed by atoms with Crippen LogP contribution in [0, 0.1) is 12.3 Å². The Bertz CT molecular complexity index is 396. The van der Waals surface area contributed by atoms with Crippen LogP contribution < -0.4 is 0 Å². The molecule has 0 aliphatic carbocycles. The van der Waals surface area contributed by atoms with Crippen molar-refractivity contribution in [2.45, 2.75) is 67.0 Å². The van der Waals surface area contributed by atoms with Crippen LogP contribution in [0.4, 0.5) is 0 Å². The van der Waals surface area contributed by atoms with Crippen molar-refractivity contribution in [3.63, 3.8) is 0 Å². The zero-order valence-corrected chi connectivity index (χ0v) is 13.7. The maximum atomic E-state index is 4.63. The lowest BCUT2D eigenvalue weighted by Crippen LogP contribution is -2.42. The lowest BCUT2D eigenvalue weighted by molar-refractivity contribution is 0.108. The van der Waals surface area contributed by atoms with E-state index in [0.717, 1.165) is 18.8 Å². The van der Waals surface area contributed by atoms with Crippen molar-refractivity contribution in [2.24, 2.45) is 5.41 Å². The van der Waals surface area contributed by atoms with E-state index in [-0.39, 0.29) is 5.54 Å². The molecular formula is C17H30N2. The first kappa shape index (κ1) is 16.2. The largest absolute Gasteiger partial charge is 0.293 e. The zero-order chi connectivity index (χ0) is 14.7. The number of aromatic nitrogens is 1. The fourth-order valence-corrected chi connectivity index (χ4v) is 2.01. The molecule has 1 rings (SSSR count). The molecule has 0 fully saturated rings. The van der Waals surface area contributed by atoms with E-state index in [1.807, 2.05) is 0 Å². The maximum Gasteiger partial charge on any atom is 0.0547 e. The summed E-state index contributed by atoms with van der Waals surface area (Å²) in [6.07, 6.45) is 1.20. The normalized spacial score (nSPS) is 13.1. The van der Waals surface area contributed by atoms with Gasteiger partial charge in [-0.3, -0.25) is 9.88 Å². The Morgan fingerprint density at radius 2 is 1.68 bits per heavy atom. The van der Waals surface area contributed by atoms with Crippen LogP contribution in [0.3, 0.4) is 0 Å². The van der Waals surface area contributed by atoms with Crippen molar-refractivity contribution in [3.05, 3.63) is 29.6 Å². The summed E-state index contributed by atoms with van der Waals surface area (Å²) in [4.78, 5) is 7.16. The van der Waals surface area contributed by atoms with Gasteiger partial charge >= 0.3 is 0 Å². The highest BCUT2D eigenvalue weighted by Gasteiger charge is 2.23. The van der Waals surface area contributed by atoms with Crippen molar-refractivity contribution in [3.8, 4) is 0 Å². The predicted octanol–water partition coefficient (Wildman–Crippen LogP) is 4.43. The fraction of sp³-hybridized carbons (Fsp3) is 0.706. The molecule has 19 heavy (non-hydrogen) atoms. The molecule has 0 saturated carbocycles. The third-order valence-corrected chi connectivity index (χ3v) is 3.38. The van der Waals surface area contributed by atoms with Gasteiger partial charge in [0, 0.05) is 17.8 Å². The molecular weight excluding hydrogens is 232 g/mol. The lowest BCUT2D eigenvalue weighted by atomic mass is 9.91. The number of hydrogen-bond donors (Lipinski definition) is 0. The summed E-state index contributed by atoms with van der Waals surface area (Å²) in [6, 6.07) is 6.28. The molecule has 0 aliphatic heterocycles. The summed E-state index contributed by atoms with van der Waals surface area (Å²) in [6.45, 7) is 17.9. The van der Waals surface area contributed by atoms with Crippen LogP contribution in [0.2, 0.25) is 0 Å². The highest BCUT2D eigenvalue weighted by molar-refractivity contribution is 5.10. The number of hydrogen-bond acceptors (Lipinski definition) is 2. The third-order valence-electron chi connectivity index (χ3n) is 3.38. The molecule has 0 radical (unpaired) electrons. The molecule has 0 N–H and O–H groups in total. The standard InChI is InChI=1S/C17H30N2/c1-14-9-8-10-15(18-14)13-19(17(5,6)7)12-11-16(2,3)4/h8-10H,11-13H2,1-7H3. The van der Waals surface area contributed by atoms with E-state index < -0.39 is 0 Å². The molecule has 0 aliphatic rings. The quantitative estimate of drug-likeness (QED) is 0.798. The zero-order valence-electron chi connectivity index (χ0n) is 13.7. The Morgan fingerprint density at radius 1 is 1.05 bits per heavy atom. The van der Waals surface area contributed by atoms with E-state index in [1.165, 1.54) is 12.1 Å². The summed E-state index contributed by atoms with van der Waals surface area (Å²) in [5.74, 6) is 0. The maximum absolute atomic E-state index is 4.63. The topological polar surface area (TPSA) is 16.1 Å². The van der Waals surface area contributed by atoms with Crippen LogP contribution in [0.5, 0.6) is 0 Å². The summed E-state index contributed by atoms with van der Waals surface area (Å²) < 4.78 is 0. The van der Waals surface area contributed by atoms with Gasteiger partial charge in [0.05, 0.1) is 5.69 Å². The smallest absolute Gasteiger partial charge is 0.0547 e. The summed E-state index contributed by atoms with van der Waals surface area (Å²) >= 11 is 0. The van der Waals surface area contributed by atoms with Crippen molar-refractivity contribution in [2.75, 3.05) is 6.54 Å². The summed E-state index contributed by atoms with van der Waals surface area (Å²) in [5.41, 5.74) is 2.83. The molecule has 2 heteroatoms. The highest BCUT2D eigenvalue weighted by atomic mass is 15.2. The second-order valence-electron chi connectivity index (χ2n) is 7.67. The number of nitrogens with zero attached hydrogens (tertiary/aromatic N) is 2. The third kappa shape index (κ3) is 6.20. The van der Waals surface area contributed by atoms with Gasteiger partial charge in [0.2, 0.25) is 0 Å². The van der Waals surface area contributed by atoms with E-state index in [9.17, 15) is 0 Å². The Morgan fingerprint density at radius 3 is 2.16 bits per heavy atom. The molecule has 0 atom stereocenters. The molecule has 1 aromatic rings. The van der Waals surface area contributed by atoms with Gasteiger partial charge in [-0.1, -0.05) is 26.8 Å². The summed E-state index contributed by atoms with van der Waals surface area (Å²) in [7, 11) is 0. The Hall–Kier alpha value is -0.890. The minimum Gasteiger partial charge on any atom is -0.293 e. The molecule has 108 valence electrons. The van der Waals surface area contributed by atoms with Gasteiger partial charge in [-0.25, -0.2) is 0 Å². The SMILES string of the molecule is Cc1cccc(CN(CCC(C)(C)C)C(C)(C)C)n1. The van der Waals surface area contributed by atoms with Crippen molar-refractivity contribution in [1.82, 2.24) is 9.88 Å². The lowest BCUT2D eigenvalue weighted by Gasteiger charge is -2.37. The van der Waals surface area contributed by atoms with Crippen LogP contribution in [0.25, 0.3) is 0 Å². The first-order valence-electron chi connectivity index (χ1n) is 7.25. The molecule has 0 aromatic carbocycles. The number of aryl methyl sites for hydroxylation is 1. The highest BCUT2D eigenvalue weighted by Crippen LogP contribution is 2.23. The Balaban J connectivity index is 2.76. The molecule has 1 heterocycles. The molecule has 0 bridgehead atoms.